The Kier molecular flexibility index (Phi) is 4.22. The van der Waals surface area contributed by atoms with E-state index in [0.717, 1.165) is 36.2 Å². The van der Waals surface area contributed by atoms with Gasteiger partial charge in [-0.2, -0.15) is 5.10 Å². The number of fused-ring (bicyclic) bond motifs is 1. The summed E-state index contributed by atoms with van der Waals surface area (Å²) in [6.07, 6.45) is 7.30. The van der Waals surface area contributed by atoms with Crippen molar-refractivity contribution in [2.24, 2.45) is 10.9 Å². The molecule has 126 valence electrons. The van der Waals surface area contributed by atoms with E-state index in [0.29, 0.717) is 5.92 Å². The lowest BCUT2D eigenvalue weighted by atomic mass is 9.90. The molecule has 0 bridgehead atoms. The Bertz CT molecular complexity index is 920. The number of aryl methyl sites for hydroxylation is 1. The average molecular weight is 329 g/mol. The summed E-state index contributed by atoms with van der Waals surface area (Å²) in [7, 11) is 0. The van der Waals surface area contributed by atoms with Crippen molar-refractivity contribution >= 4 is 11.4 Å². The predicted octanol–water partition coefficient (Wildman–Crippen LogP) is 5.14. The van der Waals surface area contributed by atoms with Gasteiger partial charge in [0.05, 0.1) is 23.3 Å². The molecule has 1 aromatic heterocycles. The van der Waals surface area contributed by atoms with E-state index in [-0.39, 0.29) is 0 Å². The lowest BCUT2D eigenvalue weighted by Crippen LogP contribution is -2.18. The number of nitrogens with zero attached hydrogens (tertiary/aromatic N) is 3. The van der Waals surface area contributed by atoms with Crippen LogP contribution < -0.4 is 0 Å². The van der Waals surface area contributed by atoms with E-state index in [1.54, 1.807) is 0 Å². The van der Waals surface area contributed by atoms with Gasteiger partial charge >= 0.3 is 0 Å². The second kappa shape index (κ2) is 6.67. The summed E-state index contributed by atoms with van der Waals surface area (Å²) in [6, 6.07) is 16.9. The first-order chi connectivity index (χ1) is 12.3. The van der Waals surface area contributed by atoms with Crippen LogP contribution in [0.2, 0.25) is 0 Å². The van der Waals surface area contributed by atoms with Crippen LogP contribution in [0.25, 0.3) is 5.69 Å². The zero-order valence-electron chi connectivity index (χ0n) is 14.8. The lowest BCUT2D eigenvalue weighted by molar-refractivity contribution is 0.754. The molecule has 2 heterocycles. The van der Waals surface area contributed by atoms with Crippen molar-refractivity contribution in [3.05, 3.63) is 77.6 Å². The van der Waals surface area contributed by atoms with Crippen molar-refractivity contribution in [2.45, 2.75) is 33.1 Å². The number of hydrogen-bond acceptors (Lipinski definition) is 2. The van der Waals surface area contributed by atoms with Crippen LogP contribution in [0.15, 0.2) is 65.9 Å². The van der Waals surface area contributed by atoms with E-state index in [1.807, 2.05) is 10.9 Å². The molecular weight excluding hydrogens is 306 g/mol. The molecular formula is C22H23N3. The number of aromatic nitrogens is 2. The quantitative estimate of drug-likeness (QED) is 0.652. The van der Waals surface area contributed by atoms with Crippen molar-refractivity contribution in [3.8, 4) is 5.69 Å². The summed E-state index contributed by atoms with van der Waals surface area (Å²) in [4.78, 5) is 4.93. The highest BCUT2D eigenvalue weighted by molar-refractivity contribution is 6.04. The molecule has 1 aliphatic rings. The maximum absolute atomic E-state index is 4.93. The fourth-order valence-corrected chi connectivity index (χ4v) is 3.61. The monoisotopic (exact) mass is 329 g/mol. The maximum Gasteiger partial charge on any atom is 0.0677 e. The molecule has 3 heteroatoms. The molecule has 3 aromatic rings. The Labute approximate surface area is 149 Å². The zero-order valence-corrected chi connectivity index (χ0v) is 14.8. The summed E-state index contributed by atoms with van der Waals surface area (Å²) in [5.74, 6) is 0.401. The zero-order chi connectivity index (χ0) is 17.2. The van der Waals surface area contributed by atoms with Gasteiger partial charge in [0.15, 0.2) is 0 Å². The number of rotatable bonds is 4. The van der Waals surface area contributed by atoms with Gasteiger partial charge in [0, 0.05) is 17.7 Å². The van der Waals surface area contributed by atoms with E-state index in [4.69, 9.17) is 4.99 Å². The number of aliphatic imine (C=N–C) groups is 1. The summed E-state index contributed by atoms with van der Waals surface area (Å²) < 4.78 is 2.00. The first-order valence-corrected chi connectivity index (χ1v) is 9.06. The normalized spacial score (nSPS) is 16.4. The van der Waals surface area contributed by atoms with Crippen LogP contribution >= 0.6 is 0 Å². The molecule has 0 N–H and O–H groups in total. The van der Waals surface area contributed by atoms with Crippen LogP contribution in [-0.2, 0) is 12.8 Å². The van der Waals surface area contributed by atoms with Gasteiger partial charge in [0.2, 0.25) is 0 Å². The Morgan fingerprint density at radius 3 is 2.76 bits per heavy atom. The predicted molar refractivity (Wildman–Crippen MR) is 103 cm³/mol. The highest BCUT2D eigenvalue weighted by Crippen LogP contribution is 2.30. The molecule has 2 aromatic carbocycles. The first-order valence-electron chi connectivity index (χ1n) is 9.06. The Morgan fingerprint density at radius 2 is 1.88 bits per heavy atom. The fourth-order valence-electron chi connectivity index (χ4n) is 3.61. The minimum Gasteiger partial charge on any atom is -0.252 e. The summed E-state index contributed by atoms with van der Waals surface area (Å²) in [5.41, 5.74) is 7.18. The number of benzene rings is 2. The van der Waals surface area contributed by atoms with E-state index in [9.17, 15) is 0 Å². The smallest absolute Gasteiger partial charge is 0.0677 e. The molecule has 1 aliphatic heterocycles. The highest BCUT2D eigenvalue weighted by Gasteiger charge is 2.21. The Hall–Kier alpha value is -2.68. The van der Waals surface area contributed by atoms with Gasteiger partial charge in [-0.3, -0.25) is 4.99 Å². The van der Waals surface area contributed by atoms with Crippen LogP contribution in [0.4, 0.5) is 5.69 Å². The van der Waals surface area contributed by atoms with Gasteiger partial charge in [-0.15, -0.1) is 0 Å². The molecule has 0 amide bonds. The number of hydrogen-bond donors (Lipinski definition) is 0. The molecule has 25 heavy (non-hydrogen) atoms. The molecule has 0 radical (unpaired) electrons. The van der Waals surface area contributed by atoms with Crippen LogP contribution in [0.5, 0.6) is 0 Å². The van der Waals surface area contributed by atoms with Gasteiger partial charge in [-0.25, -0.2) is 4.68 Å². The molecule has 0 saturated carbocycles. The summed E-state index contributed by atoms with van der Waals surface area (Å²) >= 11 is 0. The first kappa shape index (κ1) is 15.8. The van der Waals surface area contributed by atoms with Gasteiger partial charge in [-0.1, -0.05) is 56.7 Å². The minimum absolute atomic E-state index is 0.401. The van der Waals surface area contributed by atoms with E-state index < -0.39 is 0 Å². The lowest BCUT2D eigenvalue weighted by Gasteiger charge is -2.20. The minimum atomic E-state index is 0.401. The highest BCUT2D eigenvalue weighted by atomic mass is 15.3. The average Bonchev–Trinajstić information content (AvgIpc) is 3.11. The largest absolute Gasteiger partial charge is 0.252 e. The topological polar surface area (TPSA) is 30.2 Å². The van der Waals surface area contributed by atoms with Gasteiger partial charge in [0.25, 0.3) is 0 Å². The molecule has 0 aliphatic carbocycles. The van der Waals surface area contributed by atoms with Crippen LogP contribution in [-0.4, -0.2) is 15.5 Å². The molecule has 1 unspecified atom stereocenters. The SMILES string of the molecule is CCCc1ccccc1-n1cc(C2=Nc3ccccc3CC2C)cn1. The molecule has 0 spiro atoms. The van der Waals surface area contributed by atoms with E-state index in [1.165, 1.54) is 16.8 Å². The van der Waals surface area contributed by atoms with Crippen LogP contribution in [0, 0.1) is 5.92 Å². The second-order valence-corrected chi connectivity index (χ2v) is 6.78. The molecule has 0 fully saturated rings. The molecule has 0 saturated heterocycles. The Balaban J connectivity index is 1.72. The molecule has 3 nitrogen and oxygen atoms in total. The van der Waals surface area contributed by atoms with Crippen molar-refractivity contribution in [1.29, 1.82) is 0 Å². The van der Waals surface area contributed by atoms with Crippen LogP contribution in [0.1, 0.15) is 37.0 Å². The van der Waals surface area contributed by atoms with Gasteiger partial charge in [0.1, 0.15) is 0 Å². The maximum atomic E-state index is 4.93. The van der Waals surface area contributed by atoms with E-state index in [2.05, 4.69) is 73.7 Å². The third-order valence-corrected chi connectivity index (χ3v) is 4.86. The van der Waals surface area contributed by atoms with Gasteiger partial charge in [-0.05, 0) is 36.1 Å². The van der Waals surface area contributed by atoms with Crippen molar-refractivity contribution in [1.82, 2.24) is 9.78 Å². The summed E-state index contributed by atoms with van der Waals surface area (Å²) in [6.45, 7) is 4.46. The van der Waals surface area contributed by atoms with Crippen molar-refractivity contribution < 1.29 is 0 Å². The standard InChI is InChI=1S/C22H23N3/c1-3-8-17-9-5-7-12-21(17)25-15-19(14-23-25)22-16(2)13-18-10-4-6-11-20(18)24-22/h4-7,9-12,14-16H,3,8,13H2,1-2H3. The van der Waals surface area contributed by atoms with E-state index >= 15 is 0 Å². The van der Waals surface area contributed by atoms with Gasteiger partial charge < -0.3 is 0 Å². The summed E-state index contributed by atoms with van der Waals surface area (Å²) in [5, 5.41) is 4.63. The van der Waals surface area contributed by atoms with Crippen molar-refractivity contribution in [2.75, 3.05) is 0 Å². The third-order valence-electron chi connectivity index (χ3n) is 4.86. The number of para-hydroxylation sites is 2. The molecule has 4 rings (SSSR count). The molecule has 1 atom stereocenters. The van der Waals surface area contributed by atoms with Crippen LogP contribution in [0.3, 0.4) is 0 Å². The third kappa shape index (κ3) is 3.02. The second-order valence-electron chi connectivity index (χ2n) is 6.78. The van der Waals surface area contributed by atoms with Crippen molar-refractivity contribution in [3.63, 3.8) is 0 Å². The Morgan fingerprint density at radius 1 is 1.08 bits per heavy atom. The fraction of sp³-hybridized carbons (Fsp3) is 0.273.